The number of rotatable bonds is 4. The van der Waals surface area contributed by atoms with Crippen molar-refractivity contribution < 1.29 is 0 Å². The van der Waals surface area contributed by atoms with E-state index in [0.29, 0.717) is 0 Å². The smallest absolute Gasteiger partial charge is 0.0341 e. The standard InChI is InChI=1S/C15H24N2/c1-12-2-4-13(5-3-12)10-11-17-15-8-6-14(16)7-9-15/h6-9,12-13,17H,2-5,10-11,16H2,1H3. The normalized spacial score (nSPS) is 24.5. The van der Waals surface area contributed by atoms with Gasteiger partial charge in [0, 0.05) is 17.9 Å². The summed E-state index contributed by atoms with van der Waals surface area (Å²) in [7, 11) is 0. The Balaban J connectivity index is 1.67. The van der Waals surface area contributed by atoms with Gasteiger partial charge < -0.3 is 11.1 Å². The van der Waals surface area contributed by atoms with E-state index in [-0.39, 0.29) is 0 Å². The Bertz CT molecular complexity index is 323. The molecule has 0 atom stereocenters. The molecule has 1 saturated carbocycles. The Morgan fingerprint density at radius 1 is 1.12 bits per heavy atom. The average Bonchev–Trinajstić information content (AvgIpc) is 2.34. The second kappa shape index (κ2) is 5.95. The summed E-state index contributed by atoms with van der Waals surface area (Å²) in [6.45, 7) is 3.46. The monoisotopic (exact) mass is 232 g/mol. The van der Waals surface area contributed by atoms with Crippen molar-refractivity contribution in [3.05, 3.63) is 24.3 Å². The first kappa shape index (κ1) is 12.3. The van der Waals surface area contributed by atoms with E-state index in [9.17, 15) is 0 Å². The molecule has 0 saturated heterocycles. The van der Waals surface area contributed by atoms with Crippen molar-refractivity contribution in [2.45, 2.75) is 39.0 Å². The van der Waals surface area contributed by atoms with Gasteiger partial charge in [0.05, 0.1) is 0 Å². The maximum atomic E-state index is 5.66. The van der Waals surface area contributed by atoms with Gasteiger partial charge in [-0.3, -0.25) is 0 Å². The van der Waals surface area contributed by atoms with Gasteiger partial charge in [-0.15, -0.1) is 0 Å². The van der Waals surface area contributed by atoms with Gasteiger partial charge in [-0.2, -0.15) is 0 Å². The van der Waals surface area contributed by atoms with Crippen LogP contribution in [0.3, 0.4) is 0 Å². The Morgan fingerprint density at radius 2 is 1.76 bits per heavy atom. The van der Waals surface area contributed by atoms with Crippen molar-refractivity contribution in [2.75, 3.05) is 17.6 Å². The molecule has 2 rings (SSSR count). The van der Waals surface area contributed by atoms with Crippen molar-refractivity contribution in [1.29, 1.82) is 0 Å². The van der Waals surface area contributed by atoms with Crippen LogP contribution in [0.5, 0.6) is 0 Å². The van der Waals surface area contributed by atoms with Crippen LogP contribution in [0.25, 0.3) is 0 Å². The first-order chi connectivity index (χ1) is 8.24. The maximum absolute atomic E-state index is 5.66. The Kier molecular flexibility index (Phi) is 4.29. The number of anilines is 2. The van der Waals surface area contributed by atoms with Crippen LogP contribution in [0.2, 0.25) is 0 Å². The predicted molar refractivity (Wildman–Crippen MR) is 75.1 cm³/mol. The van der Waals surface area contributed by atoms with Crippen LogP contribution < -0.4 is 11.1 Å². The molecular formula is C15H24N2. The molecule has 1 aromatic rings. The molecule has 0 radical (unpaired) electrons. The van der Waals surface area contributed by atoms with E-state index in [0.717, 1.165) is 24.1 Å². The molecule has 0 aliphatic heterocycles. The van der Waals surface area contributed by atoms with Crippen molar-refractivity contribution >= 4 is 11.4 Å². The third-order valence-corrected chi connectivity index (χ3v) is 3.93. The fourth-order valence-corrected chi connectivity index (χ4v) is 2.64. The minimum atomic E-state index is 0.830. The molecule has 0 unspecified atom stereocenters. The molecule has 2 heteroatoms. The summed E-state index contributed by atoms with van der Waals surface area (Å²) in [6, 6.07) is 8.01. The number of benzene rings is 1. The number of hydrogen-bond donors (Lipinski definition) is 2. The summed E-state index contributed by atoms with van der Waals surface area (Å²) < 4.78 is 0. The van der Waals surface area contributed by atoms with Crippen LogP contribution in [0, 0.1) is 11.8 Å². The molecule has 0 heterocycles. The molecule has 1 aliphatic carbocycles. The highest BCUT2D eigenvalue weighted by Gasteiger charge is 2.17. The second-order valence-electron chi connectivity index (χ2n) is 5.46. The highest BCUT2D eigenvalue weighted by atomic mass is 14.9. The number of nitrogen functional groups attached to an aromatic ring is 1. The average molecular weight is 232 g/mol. The van der Waals surface area contributed by atoms with Gasteiger partial charge in [0.1, 0.15) is 0 Å². The summed E-state index contributed by atoms with van der Waals surface area (Å²) in [5.41, 5.74) is 7.67. The van der Waals surface area contributed by atoms with Crippen LogP contribution in [0.4, 0.5) is 11.4 Å². The zero-order chi connectivity index (χ0) is 12.1. The number of hydrogen-bond acceptors (Lipinski definition) is 2. The molecule has 94 valence electrons. The lowest BCUT2D eigenvalue weighted by atomic mass is 9.81. The topological polar surface area (TPSA) is 38.0 Å². The SMILES string of the molecule is CC1CCC(CCNc2ccc(N)cc2)CC1. The van der Waals surface area contributed by atoms with Gasteiger partial charge in [-0.1, -0.05) is 32.6 Å². The van der Waals surface area contributed by atoms with E-state index in [4.69, 9.17) is 5.73 Å². The van der Waals surface area contributed by atoms with Gasteiger partial charge in [0.15, 0.2) is 0 Å². The third-order valence-electron chi connectivity index (χ3n) is 3.93. The van der Waals surface area contributed by atoms with E-state index in [1.807, 2.05) is 12.1 Å². The highest BCUT2D eigenvalue weighted by molar-refractivity contribution is 5.51. The molecule has 17 heavy (non-hydrogen) atoms. The minimum absolute atomic E-state index is 0.830. The van der Waals surface area contributed by atoms with Crippen LogP contribution in [0.1, 0.15) is 39.0 Å². The van der Waals surface area contributed by atoms with Gasteiger partial charge >= 0.3 is 0 Å². The lowest BCUT2D eigenvalue weighted by Gasteiger charge is -2.26. The molecule has 1 aliphatic rings. The van der Waals surface area contributed by atoms with E-state index in [1.54, 1.807) is 0 Å². The molecule has 0 aromatic heterocycles. The van der Waals surface area contributed by atoms with Crippen molar-refractivity contribution in [1.82, 2.24) is 0 Å². The largest absolute Gasteiger partial charge is 0.399 e. The maximum Gasteiger partial charge on any atom is 0.0341 e. The molecule has 0 spiro atoms. The Morgan fingerprint density at radius 3 is 2.41 bits per heavy atom. The van der Waals surface area contributed by atoms with Crippen LogP contribution in [-0.4, -0.2) is 6.54 Å². The lowest BCUT2D eigenvalue weighted by Crippen LogP contribution is -2.15. The summed E-state index contributed by atoms with van der Waals surface area (Å²) >= 11 is 0. The molecule has 3 N–H and O–H groups in total. The number of nitrogens with two attached hydrogens (primary N) is 1. The summed E-state index contributed by atoms with van der Waals surface area (Å²) in [4.78, 5) is 0. The first-order valence-electron chi connectivity index (χ1n) is 6.83. The first-order valence-corrected chi connectivity index (χ1v) is 6.83. The number of nitrogens with one attached hydrogen (secondary N) is 1. The van der Waals surface area contributed by atoms with Crippen LogP contribution in [-0.2, 0) is 0 Å². The third kappa shape index (κ3) is 3.95. The second-order valence-corrected chi connectivity index (χ2v) is 5.46. The van der Waals surface area contributed by atoms with E-state index >= 15 is 0 Å². The van der Waals surface area contributed by atoms with Crippen LogP contribution in [0.15, 0.2) is 24.3 Å². The van der Waals surface area contributed by atoms with Crippen molar-refractivity contribution in [3.8, 4) is 0 Å². The van der Waals surface area contributed by atoms with Crippen LogP contribution >= 0.6 is 0 Å². The molecule has 0 amide bonds. The van der Waals surface area contributed by atoms with Gasteiger partial charge in [-0.05, 0) is 42.5 Å². The molecule has 1 aromatic carbocycles. The highest BCUT2D eigenvalue weighted by Crippen LogP contribution is 2.30. The zero-order valence-electron chi connectivity index (χ0n) is 10.8. The molecule has 0 bridgehead atoms. The van der Waals surface area contributed by atoms with E-state index in [1.165, 1.54) is 37.8 Å². The molecule has 2 nitrogen and oxygen atoms in total. The van der Waals surface area contributed by atoms with Crippen molar-refractivity contribution in [3.63, 3.8) is 0 Å². The van der Waals surface area contributed by atoms with Gasteiger partial charge in [-0.25, -0.2) is 0 Å². The Labute approximate surface area is 105 Å². The van der Waals surface area contributed by atoms with E-state index in [2.05, 4.69) is 24.4 Å². The van der Waals surface area contributed by atoms with Crippen molar-refractivity contribution in [2.24, 2.45) is 11.8 Å². The van der Waals surface area contributed by atoms with E-state index < -0.39 is 0 Å². The quantitative estimate of drug-likeness (QED) is 0.773. The molecule has 1 fully saturated rings. The fourth-order valence-electron chi connectivity index (χ4n) is 2.64. The Hall–Kier alpha value is -1.18. The summed E-state index contributed by atoms with van der Waals surface area (Å²) in [5, 5.41) is 3.47. The molecular weight excluding hydrogens is 208 g/mol. The summed E-state index contributed by atoms with van der Waals surface area (Å²) in [5.74, 6) is 1.89. The van der Waals surface area contributed by atoms with Gasteiger partial charge in [0.25, 0.3) is 0 Å². The zero-order valence-corrected chi connectivity index (χ0v) is 10.8. The summed E-state index contributed by atoms with van der Waals surface area (Å²) in [6.07, 6.45) is 6.99. The predicted octanol–water partition coefficient (Wildman–Crippen LogP) is 3.90. The fraction of sp³-hybridized carbons (Fsp3) is 0.600. The minimum Gasteiger partial charge on any atom is -0.399 e. The lowest BCUT2D eigenvalue weighted by molar-refractivity contribution is 0.282. The van der Waals surface area contributed by atoms with Gasteiger partial charge in [0.2, 0.25) is 0 Å².